The molecule has 1 amide bonds. The van der Waals surface area contributed by atoms with E-state index in [4.69, 9.17) is 4.74 Å². The minimum absolute atomic E-state index is 0.0248. The van der Waals surface area contributed by atoms with Crippen molar-refractivity contribution >= 4 is 17.3 Å². The zero-order valence-electron chi connectivity index (χ0n) is 14.1. The highest BCUT2D eigenvalue weighted by Crippen LogP contribution is 2.14. The number of hydrogen-bond acceptors (Lipinski definition) is 5. The highest BCUT2D eigenvalue weighted by molar-refractivity contribution is 5.76. The van der Waals surface area contributed by atoms with Gasteiger partial charge >= 0.3 is 0 Å². The van der Waals surface area contributed by atoms with Crippen molar-refractivity contribution in [2.24, 2.45) is 0 Å². The van der Waals surface area contributed by atoms with Crippen LogP contribution in [0, 0.1) is 10.1 Å². The Kier molecular flexibility index (Phi) is 6.51. The van der Waals surface area contributed by atoms with Crippen LogP contribution in [0.3, 0.4) is 0 Å². The number of anilines is 1. The van der Waals surface area contributed by atoms with E-state index in [1.165, 1.54) is 17.0 Å². The number of amides is 1. The fourth-order valence-corrected chi connectivity index (χ4v) is 2.93. The van der Waals surface area contributed by atoms with Gasteiger partial charge in [-0.3, -0.25) is 14.9 Å². The molecule has 1 saturated heterocycles. The van der Waals surface area contributed by atoms with E-state index in [-0.39, 0.29) is 23.8 Å². The predicted molar refractivity (Wildman–Crippen MR) is 90.2 cm³/mol. The largest absolute Gasteiger partial charge is 0.383 e. The number of morpholine rings is 1. The van der Waals surface area contributed by atoms with E-state index in [1.807, 2.05) is 13.8 Å². The van der Waals surface area contributed by atoms with E-state index >= 15 is 0 Å². The fraction of sp³-hybridized carbons (Fsp3) is 0.562. The summed E-state index contributed by atoms with van der Waals surface area (Å²) in [7, 11) is 0. The Balaban J connectivity index is 1.64. The number of ether oxygens (including phenoxy) is 1. The van der Waals surface area contributed by atoms with Crippen LogP contribution in [0.2, 0.25) is 0 Å². The molecule has 0 aliphatic carbocycles. The maximum atomic E-state index is 12.0. The normalized spacial score (nSPS) is 23.5. The van der Waals surface area contributed by atoms with Crippen molar-refractivity contribution in [2.75, 3.05) is 38.0 Å². The van der Waals surface area contributed by atoms with Crippen LogP contribution in [-0.4, -0.2) is 55.8 Å². The number of rotatable bonds is 7. The van der Waals surface area contributed by atoms with Crippen molar-refractivity contribution in [3.63, 3.8) is 0 Å². The first-order valence-corrected chi connectivity index (χ1v) is 8.18. The minimum Gasteiger partial charge on any atom is -0.383 e. The van der Waals surface area contributed by atoms with Gasteiger partial charge in [0.2, 0.25) is 0 Å². The number of nitrogens with zero attached hydrogens (tertiary/aromatic N) is 1. The van der Waals surface area contributed by atoms with Crippen LogP contribution in [-0.2, 0) is 9.53 Å². The molecular weight excluding hydrogens is 312 g/mol. The average Bonchev–Trinajstić information content (AvgIpc) is 2.51. The molecule has 0 saturated carbocycles. The number of nitrogens with one attached hydrogen (secondary N) is 3. The van der Waals surface area contributed by atoms with Gasteiger partial charge in [0.25, 0.3) is 11.6 Å². The molecule has 2 atom stereocenters. The zero-order chi connectivity index (χ0) is 17.5. The average molecular weight is 337 g/mol. The predicted octanol–water partition coefficient (Wildman–Crippen LogP) is -0.185. The smallest absolute Gasteiger partial charge is 0.275 e. The highest BCUT2D eigenvalue weighted by Gasteiger charge is 2.26. The summed E-state index contributed by atoms with van der Waals surface area (Å²) in [6.07, 6.45) is 0.362. The summed E-state index contributed by atoms with van der Waals surface area (Å²) < 4.78 is 5.66. The van der Waals surface area contributed by atoms with Crippen molar-refractivity contribution < 1.29 is 19.4 Å². The molecule has 1 aromatic rings. The van der Waals surface area contributed by atoms with E-state index in [0.29, 0.717) is 19.6 Å². The number of non-ortho nitro benzene ring substituents is 1. The van der Waals surface area contributed by atoms with Crippen LogP contribution in [0.15, 0.2) is 24.3 Å². The molecule has 0 aromatic heterocycles. The lowest BCUT2D eigenvalue weighted by Crippen LogP contribution is -3.16. The van der Waals surface area contributed by atoms with Gasteiger partial charge in [0.1, 0.15) is 25.3 Å². The van der Waals surface area contributed by atoms with Gasteiger partial charge in [-0.15, -0.1) is 0 Å². The van der Waals surface area contributed by atoms with E-state index in [2.05, 4.69) is 10.6 Å². The van der Waals surface area contributed by atoms with Crippen molar-refractivity contribution in [1.82, 2.24) is 5.32 Å². The van der Waals surface area contributed by atoms with Gasteiger partial charge in [-0.05, 0) is 26.0 Å². The van der Waals surface area contributed by atoms with Crippen LogP contribution >= 0.6 is 0 Å². The Hall–Kier alpha value is -2.19. The molecule has 1 aliphatic heterocycles. The Labute approximate surface area is 141 Å². The second-order valence-corrected chi connectivity index (χ2v) is 6.17. The lowest BCUT2D eigenvalue weighted by molar-refractivity contribution is -0.907. The monoisotopic (exact) mass is 337 g/mol. The summed E-state index contributed by atoms with van der Waals surface area (Å²) in [6.45, 7) is 7.27. The summed E-state index contributed by atoms with van der Waals surface area (Å²) >= 11 is 0. The van der Waals surface area contributed by atoms with E-state index in [0.717, 1.165) is 18.8 Å². The molecule has 0 bridgehead atoms. The molecule has 0 radical (unpaired) electrons. The number of nitro benzene ring substituents is 1. The molecule has 3 N–H and O–H groups in total. The number of hydrogen-bond donors (Lipinski definition) is 3. The number of carbonyl (C=O) groups excluding carboxylic acids is 1. The Morgan fingerprint density at radius 3 is 2.46 bits per heavy atom. The molecular formula is C16H25N4O4+. The van der Waals surface area contributed by atoms with Gasteiger partial charge < -0.3 is 20.3 Å². The standard InChI is InChI=1S/C16H24N4O4/c1-12-9-19(10-13(2)24-12)11-16(21)18-8-7-17-14-3-5-15(6-4-14)20(22)23/h3-6,12-13,17H,7-11H2,1-2H3,(H,18,21)/p+1/t12-,13-/m0/s1. The fourth-order valence-electron chi connectivity index (χ4n) is 2.93. The maximum absolute atomic E-state index is 12.0. The quantitative estimate of drug-likeness (QED) is 0.364. The third kappa shape index (κ3) is 5.78. The number of carbonyl (C=O) groups is 1. The van der Waals surface area contributed by atoms with Crippen LogP contribution in [0.5, 0.6) is 0 Å². The van der Waals surface area contributed by atoms with Gasteiger partial charge in [0.15, 0.2) is 6.54 Å². The SMILES string of the molecule is C[C@H]1C[NH+](CC(=O)NCCNc2ccc([N+](=O)[O-])cc2)C[C@H](C)O1. The van der Waals surface area contributed by atoms with Gasteiger partial charge in [0, 0.05) is 30.9 Å². The molecule has 1 aliphatic rings. The van der Waals surface area contributed by atoms with Gasteiger partial charge in [0.05, 0.1) is 4.92 Å². The molecule has 24 heavy (non-hydrogen) atoms. The number of benzene rings is 1. The molecule has 132 valence electrons. The first-order valence-electron chi connectivity index (χ1n) is 8.18. The second-order valence-electron chi connectivity index (χ2n) is 6.17. The van der Waals surface area contributed by atoms with Crippen LogP contribution in [0.25, 0.3) is 0 Å². The summed E-state index contributed by atoms with van der Waals surface area (Å²) in [5, 5.41) is 16.6. The van der Waals surface area contributed by atoms with Crippen molar-refractivity contribution in [3.05, 3.63) is 34.4 Å². The number of quaternary nitrogens is 1. The molecule has 1 aromatic carbocycles. The number of nitro groups is 1. The summed E-state index contributed by atoms with van der Waals surface area (Å²) in [5.74, 6) is 0.0248. The first kappa shape index (κ1) is 18.2. The molecule has 2 rings (SSSR count). The van der Waals surface area contributed by atoms with Crippen LogP contribution in [0.4, 0.5) is 11.4 Å². The topological polar surface area (TPSA) is 97.9 Å². The highest BCUT2D eigenvalue weighted by atomic mass is 16.6. The molecule has 8 heteroatoms. The van der Waals surface area contributed by atoms with Crippen molar-refractivity contribution in [2.45, 2.75) is 26.1 Å². The minimum atomic E-state index is -0.431. The first-order chi connectivity index (χ1) is 11.4. The molecule has 0 spiro atoms. The third-order valence-corrected chi connectivity index (χ3v) is 3.88. The molecule has 0 unspecified atom stereocenters. The van der Waals surface area contributed by atoms with E-state index in [1.54, 1.807) is 12.1 Å². The zero-order valence-corrected chi connectivity index (χ0v) is 14.1. The Bertz CT molecular complexity index is 554. The Morgan fingerprint density at radius 1 is 1.25 bits per heavy atom. The lowest BCUT2D eigenvalue weighted by Gasteiger charge is -2.31. The van der Waals surface area contributed by atoms with E-state index in [9.17, 15) is 14.9 Å². The summed E-state index contributed by atoms with van der Waals surface area (Å²) in [4.78, 5) is 23.4. The third-order valence-electron chi connectivity index (χ3n) is 3.88. The van der Waals surface area contributed by atoms with Crippen LogP contribution in [0.1, 0.15) is 13.8 Å². The van der Waals surface area contributed by atoms with Gasteiger partial charge in [-0.1, -0.05) is 0 Å². The summed E-state index contributed by atoms with van der Waals surface area (Å²) in [6, 6.07) is 6.21. The maximum Gasteiger partial charge on any atom is 0.275 e. The lowest BCUT2D eigenvalue weighted by atomic mass is 10.2. The summed E-state index contributed by atoms with van der Waals surface area (Å²) in [5.41, 5.74) is 0.849. The van der Waals surface area contributed by atoms with Gasteiger partial charge in [-0.2, -0.15) is 0 Å². The van der Waals surface area contributed by atoms with Crippen molar-refractivity contribution in [1.29, 1.82) is 0 Å². The van der Waals surface area contributed by atoms with Crippen LogP contribution < -0.4 is 15.5 Å². The Morgan fingerprint density at radius 2 is 1.88 bits per heavy atom. The molecule has 1 fully saturated rings. The molecule has 1 heterocycles. The van der Waals surface area contributed by atoms with E-state index < -0.39 is 4.92 Å². The molecule has 8 nitrogen and oxygen atoms in total. The van der Waals surface area contributed by atoms with Crippen molar-refractivity contribution in [3.8, 4) is 0 Å². The van der Waals surface area contributed by atoms with Gasteiger partial charge in [-0.25, -0.2) is 0 Å². The second kappa shape index (κ2) is 8.60.